The first-order valence-corrected chi connectivity index (χ1v) is 11.8. The molecular weight excluding hydrogens is 356 g/mol. The van der Waals surface area contributed by atoms with Crippen LogP contribution in [0.4, 0.5) is 0 Å². The van der Waals surface area contributed by atoms with Crippen LogP contribution in [-0.2, 0) is 9.53 Å². The fraction of sp³-hybridized carbons (Fsp3) is 0.957. The molecule has 168 valence electrons. The molecule has 0 saturated heterocycles. The summed E-state index contributed by atoms with van der Waals surface area (Å²) in [6.07, 6.45) is 17.5. The van der Waals surface area contributed by atoms with Crippen molar-refractivity contribution in [2.75, 3.05) is 6.61 Å². The quantitative estimate of drug-likeness (QED) is 0.139. The maximum atomic E-state index is 11.6. The first-order chi connectivity index (χ1) is 13.6. The molecule has 0 aromatic rings. The third-order valence-corrected chi connectivity index (χ3v) is 5.19. The molecule has 5 nitrogen and oxygen atoms in total. The molecule has 0 fully saturated rings. The summed E-state index contributed by atoms with van der Waals surface area (Å²) in [4.78, 5) is 11.6. The van der Waals surface area contributed by atoms with Crippen molar-refractivity contribution in [2.45, 2.75) is 135 Å². The fourth-order valence-electron chi connectivity index (χ4n) is 3.40. The number of ether oxygens (including phenoxy) is 1. The Kier molecular flexibility index (Phi) is 20.6. The number of rotatable bonds is 21. The first-order valence-electron chi connectivity index (χ1n) is 11.8. The number of unbranched alkanes of at least 4 members (excludes halogenated alkanes) is 14. The van der Waals surface area contributed by atoms with E-state index >= 15 is 0 Å². The van der Waals surface area contributed by atoms with E-state index in [9.17, 15) is 15.0 Å². The predicted octanol–water partition coefficient (Wildman–Crippen LogP) is 5.24. The molecule has 0 aromatic carbocycles. The van der Waals surface area contributed by atoms with Crippen molar-refractivity contribution in [1.29, 1.82) is 0 Å². The molecule has 0 amide bonds. The zero-order valence-corrected chi connectivity index (χ0v) is 18.2. The van der Waals surface area contributed by atoms with Gasteiger partial charge in [-0.25, -0.2) is 0 Å². The lowest BCUT2D eigenvalue weighted by Gasteiger charge is -2.15. The Labute approximate surface area is 172 Å². The largest absolute Gasteiger partial charge is 0.436 e. The van der Waals surface area contributed by atoms with Crippen LogP contribution < -0.4 is 0 Å². The van der Waals surface area contributed by atoms with Gasteiger partial charge in [0.15, 0.2) is 0 Å². The van der Waals surface area contributed by atoms with Crippen LogP contribution >= 0.6 is 0 Å². The average Bonchev–Trinajstić information content (AvgIpc) is 2.64. The molecule has 0 bridgehead atoms. The molecule has 5 heteroatoms. The molecule has 28 heavy (non-hydrogen) atoms. The van der Waals surface area contributed by atoms with E-state index in [-0.39, 0.29) is 19.4 Å². The number of hydrogen-bond donors (Lipinski definition) is 3. The van der Waals surface area contributed by atoms with E-state index in [4.69, 9.17) is 9.84 Å². The summed E-state index contributed by atoms with van der Waals surface area (Å²) in [6, 6.07) is 0. The lowest BCUT2D eigenvalue weighted by atomic mass is 10.0. The molecule has 3 N–H and O–H groups in total. The average molecular weight is 403 g/mol. The number of esters is 1. The molecule has 0 aromatic heterocycles. The molecule has 0 aliphatic heterocycles. The minimum atomic E-state index is -1.29. The number of carbonyl (C=O) groups is 1. The Balaban J connectivity index is 3.29. The van der Waals surface area contributed by atoms with E-state index in [0.717, 1.165) is 19.3 Å². The van der Waals surface area contributed by atoms with Gasteiger partial charge in [-0.05, 0) is 12.8 Å². The molecule has 2 atom stereocenters. The minimum Gasteiger partial charge on any atom is -0.436 e. The van der Waals surface area contributed by atoms with Gasteiger partial charge in [0.2, 0.25) is 6.29 Å². The summed E-state index contributed by atoms with van der Waals surface area (Å²) in [7, 11) is 0. The smallest absolute Gasteiger partial charge is 0.308 e. The first kappa shape index (κ1) is 27.4. The van der Waals surface area contributed by atoms with Crippen molar-refractivity contribution in [3.05, 3.63) is 0 Å². The van der Waals surface area contributed by atoms with Gasteiger partial charge in [-0.3, -0.25) is 4.79 Å². The summed E-state index contributed by atoms with van der Waals surface area (Å²) in [5, 5.41) is 27.7. The van der Waals surface area contributed by atoms with Crippen LogP contribution in [0.1, 0.15) is 122 Å². The van der Waals surface area contributed by atoms with Gasteiger partial charge in [0.05, 0.1) is 6.10 Å². The second kappa shape index (κ2) is 21.1. The van der Waals surface area contributed by atoms with Crippen molar-refractivity contribution in [1.82, 2.24) is 0 Å². The maximum Gasteiger partial charge on any atom is 0.308 e. The van der Waals surface area contributed by atoms with Gasteiger partial charge >= 0.3 is 5.97 Å². The Hall–Kier alpha value is -0.650. The van der Waals surface area contributed by atoms with Crippen molar-refractivity contribution in [2.24, 2.45) is 0 Å². The maximum absolute atomic E-state index is 11.6. The van der Waals surface area contributed by atoms with Gasteiger partial charge < -0.3 is 20.1 Å². The second-order valence-corrected chi connectivity index (χ2v) is 8.05. The highest BCUT2D eigenvalue weighted by Gasteiger charge is 2.15. The Morgan fingerprint density at radius 1 is 0.750 bits per heavy atom. The predicted molar refractivity (Wildman–Crippen MR) is 114 cm³/mol. The number of aliphatic hydroxyl groups excluding tert-OH is 3. The second-order valence-electron chi connectivity index (χ2n) is 8.05. The summed E-state index contributed by atoms with van der Waals surface area (Å²) >= 11 is 0. The Bertz CT molecular complexity index is 335. The highest BCUT2D eigenvalue weighted by molar-refractivity contribution is 5.69. The number of aliphatic hydroxyl groups is 3. The summed E-state index contributed by atoms with van der Waals surface area (Å²) in [6.45, 7) is 2.11. The van der Waals surface area contributed by atoms with Crippen molar-refractivity contribution < 1.29 is 24.9 Å². The topological polar surface area (TPSA) is 87.0 Å². The molecule has 0 heterocycles. The van der Waals surface area contributed by atoms with Gasteiger partial charge in [-0.1, -0.05) is 96.8 Å². The highest BCUT2D eigenvalue weighted by atomic mass is 16.6. The van der Waals surface area contributed by atoms with E-state index in [1.54, 1.807) is 0 Å². The van der Waals surface area contributed by atoms with Crippen molar-refractivity contribution in [3.63, 3.8) is 0 Å². The van der Waals surface area contributed by atoms with Crippen LogP contribution in [-0.4, -0.2) is 40.3 Å². The summed E-state index contributed by atoms with van der Waals surface area (Å²) < 4.78 is 4.86. The van der Waals surface area contributed by atoms with Gasteiger partial charge in [0, 0.05) is 19.4 Å². The van der Waals surface area contributed by atoms with Crippen LogP contribution in [0.25, 0.3) is 0 Å². The highest BCUT2D eigenvalue weighted by Crippen LogP contribution is 2.14. The molecule has 0 spiro atoms. The van der Waals surface area contributed by atoms with Crippen LogP contribution in [0.15, 0.2) is 0 Å². The van der Waals surface area contributed by atoms with E-state index < -0.39 is 18.4 Å². The van der Waals surface area contributed by atoms with Gasteiger partial charge in [0.25, 0.3) is 0 Å². The zero-order valence-electron chi connectivity index (χ0n) is 18.2. The molecular formula is C23H46O5. The fourth-order valence-corrected chi connectivity index (χ4v) is 3.40. The van der Waals surface area contributed by atoms with E-state index in [0.29, 0.717) is 6.42 Å². The van der Waals surface area contributed by atoms with E-state index in [1.165, 1.54) is 77.0 Å². The Morgan fingerprint density at radius 2 is 1.18 bits per heavy atom. The third kappa shape index (κ3) is 20.1. The molecule has 0 rings (SSSR count). The monoisotopic (exact) mass is 402 g/mol. The lowest BCUT2D eigenvalue weighted by molar-refractivity contribution is -0.172. The SMILES string of the molecule is CCCCCCCCCCCCCCCCCC(=O)OC(O)CC(O)CCO. The molecule has 2 unspecified atom stereocenters. The van der Waals surface area contributed by atoms with Crippen LogP contribution in [0.2, 0.25) is 0 Å². The van der Waals surface area contributed by atoms with Crippen LogP contribution in [0.3, 0.4) is 0 Å². The number of hydrogen-bond acceptors (Lipinski definition) is 5. The third-order valence-electron chi connectivity index (χ3n) is 5.19. The summed E-state index contributed by atoms with van der Waals surface area (Å²) in [5.41, 5.74) is 0. The summed E-state index contributed by atoms with van der Waals surface area (Å²) in [5.74, 6) is -0.418. The van der Waals surface area contributed by atoms with Crippen LogP contribution in [0.5, 0.6) is 0 Å². The minimum absolute atomic E-state index is 0.0504. The van der Waals surface area contributed by atoms with E-state index in [2.05, 4.69) is 6.92 Å². The molecule has 0 saturated carbocycles. The molecule has 0 aliphatic rings. The van der Waals surface area contributed by atoms with Gasteiger partial charge in [0.1, 0.15) is 0 Å². The van der Waals surface area contributed by atoms with Crippen molar-refractivity contribution >= 4 is 5.97 Å². The Morgan fingerprint density at radius 3 is 1.61 bits per heavy atom. The van der Waals surface area contributed by atoms with Gasteiger partial charge in [-0.15, -0.1) is 0 Å². The lowest BCUT2D eigenvalue weighted by Crippen LogP contribution is -2.24. The normalized spacial score (nSPS) is 13.4. The van der Waals surface area contributed by atoms with E-state index in [1.807, 2.05) is 0 Å². The van der Waals surface area contributed by atoms with Crippen molar-refractivity contribution in [3.8, 4) is 0 Å². The van der Waals surface area contributed by atoms with Gasteiger partial charge in [-0.2, -0.15) is 0 Å². The number of carbonyl (C=O) groups excluding carboxylic acids is 1. The molecule has 0 aliphatic carbocycles. The zero-order chi connectivity index (χ0) is 20.9. The molecule has 0 radical (unpaired) electrons. The van der Waals surface area contributed by atoms with Crippen LogP contribution in [0, 0.1) is 0 Å². The standard InChI is InChI=1S/C23H46O5/c1-2-3-4-5-6-7-8-9-10-11-12-13-14-15-16-17-22(26)28-23(27)20-21(25)18-19-24/h21,23-25,27H,2-20H2,1H3.